The van der Waals surface area contributed by atoms with Gasteiger partial charge in [0.2, 0.25) is 0 Å². The molecule has 2 aromatic rings. The maximum absolute atomic E-state index is 12.0. The molecule has 8 heteroatoms. The second-order valence-electron chi connectivity index (χ2n) is 4.39. The van der Waals surface area contributed by atoms with Crippen molar-refractivity contribution in [2.45, 2.75) is 20.8 Å². The zero-order valence-electron chi connectivity index (χ0n) is 13.2. The van der Waals surface area contributed by atoms with Crippen molar-refractivity contribution >= 4 is 21.9 Å². The molecule has 1 heterocycles. The Morgan fingerprint density at radius 1 is 1.09 bits per heavy atom. The summed E-state index contributed by atoms with van der Waals surface area (Å²) < 4.78 is 16.9. The molecule has 7 nitrogen and oxygen atoms in total. The Morgan fingerprint density at radius 3 is 2.35 bits per heavy atom. The maximum atomic E-state index is 12.0. The van der Waals surface area contributed by atoms with Gasteiger partial charge in [0.15, 0.2) is 17.2 Å². The summed E-state index contributed by atoms with van der Waals surface area (Å²) in [5.74, 6) is 0.659. The van der Waals surface area contributed by atoms with Crippen LogP contribution in [0.4, 0.5) is 0 Å². The molecule has 0 spiro atoms. The Kier molecular flexibility index (Phi) is 5.97. The first-order valence-corrected chi connectivity index (χ1v) is 8.08. The number of H-pyrrole nitrogens is 1. The van der Waals surface area contributed by atoms with Gasteiger partial charge in [-0.25, -0.2) is 4.79 Å². The van der Waals surface area contributed by atoms with E-state index in [4.69, 9.17) is 14.2 Å². The van der Waals surface area contributed by atoms with Crippen LogP contribution >= 0.6 is 15.9 Å². The number of esters is 1. The van der Waals surface area contributed by atoms with Crippen LogP contribution in [0.15, 0.2) is 16.6 Å². The molecule has 2 rings (SSSR count). The van der Waals surface area contributed by atoms with E-state index in [9.17, 15) is 4.79 Å². The Labute approximate surface area is 142 Å². The lowest BCUT2D eigenvalue weighted by molar-refractivity contribution is 0.0520. The summed E-state index contributed by atoms with van der Waals surface area (Å²) in [5.41, 5.74) is 1.17. The maximum Gasteiger partial charge on any atom is 0.361 e. The van der Waals surface area contributed by atoms with Crippen molar-refractivity contribution in [1.82, 2.24) is 15.4 Å². The van der Waals surface area contributed by atoms with E-state index in [1.54, 1.807) is 19.1 Å². The molecule has 0 aliphatic rings. The molecule has 0 saturated carbocycles. The van der Waals surface area contributed by atoms with E-state index >= 15 is 0 Å². The van der Waals surface area contributed by atoms with Gasteiger partial charge in [-0.15, -0.1) is 5.10 Å². The lowest BCUT2D eigenvalue weighted by Crippen LogP contribution is -2.07. The van der Waals surface area contributed by atoms with Gasteiger partial charge in [-0.2, -0.15) is 10.3 Å². The van der Waals surface area contributed by atoms with E-state index in [0.29, 0.717) is 40.4 Å². The average Bonchev–Trinajstić information content (AvgIpc) is 3.00. The molecular formula is C15H18BrN3O4. The van der Waals surface area contributed by atoms with Gasteiger partial charge in [0.05, 0.1) is 19.8 Å². The summed E-state index contributed by atoms with van der Waals surface area (Å²) in [6, 6.07) is 3.55. The van der Waals surface area contributed by atoms with Gasteiger partial charge >= 0.3 is 5.97 Å². The summed E-state index contributed by atoms with van der Waals surface area (Å²) in [5, 5.41) is 10.4. The summed E-state index contributed by atoms with van der Waals surface area (Å²) >= 11 is 3.48. The first kappa shape index (κ1) is 17.3. The van der Waals surface area contributed by atoms with Crippen molar-refractivity contribution in [1.29, 1.82) is 0 Å². The number of aromatic nitrogens is 3. The number of carbonyl (C=O) groups is 1. The fourth-order valence-corrected chi connectivity index (χ4v) is 2.52. The minimum atomic E-state index is -0.532. The summed E-state index contributed by atoms with van der Waals surface area (Å²) in [7, 11) is 0. The first-order chi connectivity index (χ1) is 11.1. The Balaban J connectivity index is 2.49. The number of aromatic amines is 1. The molecule has 1 N–H and O–H groups in total. The molecule has 23 heavy (non-hydrogen) atoms. The van der Waals surface area contributed by atoms with Crippen LogP contribution in [0.5, 0.6) is 11.5 Å². The molecule has 0 bridgehead atoms. The van der Waals surface area contributed by atoms with E-state index in [-0.39, 0.29) is 12.3 Å². The minimum Gasteiger partial charge on any atom is -0.490 e. The van der Waals surface area contributed by atoms with E-state index in [0.717, 1.165) is 0 Å². The summed E-state index contributed by atoms with van der Waals surface area (Å²) in [6.45, 7) is 6.79. The Hall–Kier alpha value is -2.09. The fraction of sp³-hybridized carbons (Fsp3) is 0.400. The standard InChI is InChI=1S/C15H18BrN3O4/c1-4-21-11-7-9(10(16)8-12(11)22-5-2)13-14(18-19-17-13)15(20)23-6-3/h7-8H,4-6H2,1-3H3,(H,17,18,19). The van der Waals surface area contributed by atoms with Crippen molar-refractivity contribution in [3.05, 3.63) is 22.3 Å². The van der Waals surface area contributed by atoms with Crippen molar-refractivity contribution in [3.8, 4) is 22.8 Å². The zero-order chi connectivity index (χ0) is 16.8. The molecule has 0 amide bonds. The van der Waals surface area contributed by atoms with Crippen molar-refractivity contribution in [3.63, 3.8) is 0 Å². The van der Waals surface area contributed by atoms with Crippen LogP contribution < -0.4 is 9.47 Å². The lowest BCUT2D eigenvalue weighted by atomic mass is 10.1. The van der Waals surface area contributed by atoms with Gasteiger partial charge < -0.3 is 14.2 Å². The molecule has 0 radical (unpaired) electrons. The average molecular weight is 384 g/mol. The van der Waals surface area contributed by atoms with Crippen LogP contribution in [0.3, 0.4) is 0 Å². The zero-order valence-corrected chi connectivity index (χ0v) is 14.8. The fourth-order valence-electron chi connectivity index (χ4n) is 2.01. The van der Waals surface area contributed by atoms with E-state index in [2.05, 4.69) is 31.3 Å². The number of benzene rings is 1. The molecular weight excluding hydrogens is 366 g/mol. The van der Waals surface area contributed by atoms with Crippen molar-refractivity contribution < 1.29 is 19.0 Å². The number of halogens is 1. The van der Waals surface area contributed by atoms with Crippen LogP contribution in [0.25, 0.3) is 11.3 Å². The van der Waals surface area contributed by atoms with Crippen LogP contribution in [-0.4, -0.2) is 41.2 Å². The summed E-state index contributed by atoms with van der Waals surface area (Å²) in [6.07, 6.45) is 0. The molecule has 1 aromatic heterocycles. The van der Waals surface area contributed by atoms with Crippen molar-refractivity contribution in [2.75, 3.05) is 19.8 Å². The molecule has 0 saturated heterocycles. The van der Waals surface area contributed by atoms with E-state index < -0.39 is 5.97 Å². The van der Waals surface area contributed by atoms with Crippen LogP contribution in [-0.2, 0) is 4.74 Å². The molecule has 1 aromatic carbocycles. The molecule has 0 aliphatic carbocycles. The van der Waals surface area contributed by atoms with Crippen LogP contribution in [0.2, 0.25) is 0 Å². The normalized spacial score (nSPS) is 10.4. The SMILES string of the molecule is CCOC(=O)c1n[nH]nc1-c1cc(OCC)c(OCC)cc1Br. The van der Waals surface area contributed by atoms with Gasteiger partial charge in [-0.05, 0) is 48.8 Å². The van der Waals surface area contributed by atoms with Gasteiger partial charge in [0, 0.05) is 10.0 Å². The summed E-state index contributed by atoms with van der Waals surface area (Å²) in [4.78, 5) is 12.0. The number of carbonyl (C=O) groups excluding carboxylic acids is 1. The number of nitrogens with zero attached hydrogens (tertiary/aromatic N) is 2. The molecule has 0 aliphatic heterocycles. The highest BCUT2D eigenvalue weighted by Crippen LogP contribution is 2.39. The second kappa shape index (κ2) is 7.96. The van der Waals surface area contributed by atoms with Gasteiger partial charge in [0.1, 0.15) is 5.69 Å². The minimum absolute atomic E-state index is 0.124. The quantitative estimate of drug-likeness (QED) is 0.738. The molecule has 0 atom stereocenters. The molecule has 0 fully saturated rings. The molecule has 124 valence electrons. The monoisotopic (exact) mass is 383 g/mol. The second-order valence-corrected chi connectivity index (χ2v) is 5.24. The topological polar surface area (TPSA) is 86.3 Å². The van der Waals surface area contributed by atoms with Gasteiger partial charge in [-0.1, -0.05) is 0 Å². The van der Waals surface area contributed by atoms with Crippen molar-refractivity contribution in [2.24, 2.45) is 0 Å². The Bertz CT molecular complexity index is 687. The number of ether oxygens (including phenoxy) is 3. The predicted molar refractivity (Wildman–Crippen MR) is 87.8 cm³/mol. The van der Waals surface area contributed by atoms with Crippen LogP contribution in [0, 0.1) is 0 Å². The number of hydrogen-bond donors (Lipinski definition) is 1. The third-order valence-electron chi connectivity index (χ3n) is 2.90. The first-order valence-electron chi connectivity index (χ1n) is 7.29. The number of nitrogens with one attached hydrogen (secondary N) is 1. The third-order valence-corrected chi connectivity index (χ3v) is 3.56. The predicted octanol–water partition coefficient (Wildman–Crippen LogP) is 3.21. The molecule has 0 unspecified atom stereocenters. The third kappa shape index (κ3) is 3.82. The highest BCUT2D eigenvalue weighted by molar-refractivity contribution is 9.10. The number of rotatable bonds is 7. The smallest absolute Gasteiger partial charge is 0.361 e. The lowest BCUT2D eigenvalue weighted by Gasteiger charge is -2.13. The number of hydrogen-bond acceptors (Lipinski definition) is 6. The highest BCUT2D eigenvalue weighted by Gasteiger charge is 2.22. The van der Waals surface area contributed by atoms with Gasteiger partial charge in [0.25, 0.3) is 0 Å². The van der Waals surface area contributed by atoms with Gasteiger partial charge in [-0.3, -0.25) is 0 Å². The highest BCUT2D eigenvalue weighted by atomic mass is 79.9. The van der Waals surface area contributed by atoms with Crippen LogP contribution in [0.1, 0.15) is 31.3 Å². The van der Waals surface area contributed by atoms with E-state index in [1.165, 1.54) is 0 Å². The van der Waals surface area contributed by atoms with E-state index in [1.807, 2.05) is 13.8 Å². The largest absolute Gasteiger partial charge is 0.490 e. The Morgan fingerprint density at radius 2 is 1.74 bits per heavy atom.